The lowest BCUT2D eigenvalue weighted by atomic mass is 10.1. The van der Waals surface area contributed by atoms with Crippen molar-refractivity contribution in [2.75, 3.05) is 7.11 Å². The van der Waals surface area contributed by atoms with Gasteiger partial charge in [0.1, 0.15) is 18.4 Å². The summed E-state index contributed by atoms with van der Waals surface area (Å²) in [4.78, 5) is 38.2. The fraction of sp³-hybridized carbons (Fsp3) is 0.182. The first-order valence-electron chi connectivity index (χ1n) is 9.21. The molecule has 0 spiro atoms. The minimum Gasteiger partial charge on any atom is -0.487 e. The molecule has 0 bridgehead atoms. The number of carbonyl (C=O) groups excluding carboxylic acids is 3. The second-order valence-corrected chi connectivity index (χ2v) is 10.0. The zero-order chi connectivity index (χ0) is 23.4. The maximum absolute atomic E-state index is 12.9. The molecule has 1 saturated heterocycles. The Bertz CT molecular complexity index is 1180. The Labute approximate surface area is 216 Å². The maximum Gasteiger partial charge on any atom is 0.328 e. The van der Waals surface area contributed by atoms with Gasteiger partial charge in [0.05, 0.1) is 27.2 Å². The average Bonchev–Trinajstić information content (AvgIpc) is 3.04. The minimum absolute atomic E-state index is 0.169. The highest BCUT2D eigenvalue weighted by Gasteiger charge is 2.41. The van der Waals surface area contributed by atoms with Crippen LogP contribution in [0.25, 0.3) is 6.08 Å². The first-order valence-corrected chi connectivity index (χ1v) is 12.2. The number of methoxy groups -OCH3 is 1. The van der Waals surface area contributed by atoms with Gasteiger partial charge >= 0.3 is 5.97 Å². The zero-order valence-corrected chi connectivity index (χ0v) is 22.1. The summed E-state index contributed by atoms with van der Waals surface area (Å²) < 4.78 is 12.5. The summed E-state index contributed by atoms with van der Waals surface area (Å²) in [6.07, 6.45) is 1.59. The molecule has 2 aromatic carbocycles. The lowest BCUT2D eigenvalue weighted by Gasteiger charge is -2.18. The minimum atomic E-state index is -1.02. The molecular formula is C22H16I2N2O5S. The van der Waals surface area contributed by atoms with E-state index in [2.05, 4.69) is 56.0 Å². The summed E-state index contributed by atoms with van der Waals surface area (Å²) in [7, 11) is 1.20. The molecule has 1 fully saturated rings. The highest BCUT2D eigenvalue weighted by Crippen LogP contribution is 2.37. The molecule has 1 aliphatic rings. The maximum atomic E-state index is 12.9. The predicted molar refractivity (Wildman–Crippen MR) is 137 cm³/mol. The van der Waals surface area contributed by atoms with Gasteiger partial charge in [0.15, 0.2) is 0 Å². The van der Waals surface area contributed by atoms with E-state index in [0.717, 1.165) is 29.4 Å². The first kappa shape index (κ1) is 24.5. The van der Waals surface area contributed by atoms with Gasteiger partial charge in [-0.2, -0.15) is 5.26 Å². The van der Waals surface area contributed by atoms with E-state index in [1.807, 2.05) is 24.3 Å². The van der Waals surface area contributed by atoms with Crippen LogP contribution >= 0.6 is 56.9 Å². The van der Waals surface area contributed by atoms with Crippen LogP contribution in [0.5, 0.6) is 5.75 Å². The van der Waals surface area contributed by atoms with Crippen molar-refractivity contribution in [1.29, 1.82) is 5.26 Å². The number of nitriles is 1. The van der Waals surface area contributed by atoms with Crippen molar-refractivity contribution >= 4 is 80.1 Å². The van der Waals surface area contributed by atoms with Gasteiger partial charge in [0, 0.05) is 14.7 Å². The van der Waals surface area contributed by atoms with Gasteiger partial charge in [-0.25, -0.2) is 4.79 Å². The van der Waals surface area contributed by atoms with Crippen molar-refractivity contribution in [3.8, 4) is 11.8 Å². The normalized spacial score (nSPS) is 15.6. The fourth-order valence-corrected chi connectivity index (χ4v) is 5.92. The number of nitrogens with zero attached hydrogens (tertiary/aromatic N) is 2. The van der Waals surface area contributed by atoms with Crippen molar-refractivity contribution in [3.63, 3.8) is 0 Å². The molecule has 7 nitrogen and oxygen atoms in total. The smallest absolute Gasteiger partial charge is 0.328 e. The number of esters is 1. The van der Waals surface area contributed by atoms with Gasteiger partial charge in [-0.15, -0.1) is 0 Å². The largest absolute Gasteiger partial charge is 0.487 e. The van der Waals surface area contributed by atoms with Crippen molar-refractivity contribution in [2.45, 2.75) is 19.6 Å². The molecule has 164 valence electrons. The highest BCUT2D eigenvalue weighted by atomic mass is 127. The summed E-state index contributed by atoms with van der Waals surface area (Å²) >= 11 is 5.06. The Morgan fingerprint density at radius 3 is 2.69 bits per heavy atom. The monoisotopic (exact) mass is 674 g/mol. The summed E-state index contributed by atoms with van der Waals surface area (Å²) in [6.45, 7) is 1.61. The van der Waals surface area contributed by atoms with Crippen molar-refractivity contribution in [3.05, 3.63) is 65.1 Å². The molecule has 0 radical (unpaired) electrons. The Kier molecular flexibility index (Phi) is 8.18. The summed E-state index contributed by atoms with van der Waals surface area (Å²) in [5, 5.41) is 8.77. The predicted octanol–water partition coefficient (Wildman–Crippen LogP) is 4.94. The third-order valence-corrected chi connectivity index (χ3v) is 6.89. The second kappa shape index (κ2) is 10.7. The number of imide groups is 1. The molecule has 0 N–H and O–H groups in total. The third kappa shape index (κ3) is 5.26. The molecule has 0 saturated carbocycles. The van der Waals surface area contributed by atoms with Crippen LogP contribution in [0, 0.1) is 18.5 Å². The lowest BCUT2D eigenvalue weighted by Crippen LogP contribution is -2.42. The second-order valence-electron chi connectivity index (χ2n) is 6.61. The van der Waals surface area contributed by atoms with Crippen LogP contribution in [-0.2, 0) is 20.9 Å². The molecule has 32 heavy (non-hydrogen) atoms. The van der Waals surface area contributed by atoms with Gasteiger partial charge in [-0.1, -0.05) is 18.2 Å². The number of amides is 2. The molecule has 3 rings (SSSR count). The van der Waals surface area contributed by atoms with Gasteiger partial charge in [-0.05, 0) is 88.1 Å². The quantitative estimate of drug-likeness (QED) is 0.243. The van der Waals surface area contributed by atoms with Crippen LogP contribution < -0.4 is 4.74 Å². The van der Waals surface area contributed by atoms with Crippen LogP contribution in [0.4, 0.5) is 4.79 Å². The molecule has 1 heterocycles. The van der Waals surface area contributed by atoms with Crippen LogP contribution in [0.2, 0.25) is 0 Å². The van der Waals surface area contributed by atoms with Gasteiger partial charge in [0.2, 0.25) is 0 Å². The number of rotatable bonds is 6. The van der Waals surface area contributed by atoms with E-state index in [4.69, 9.17) is 4.74 Å². The SMILES string of the molecule is COC(=O)[C@H](C)N1C(=O)S/C(=C/c2cc(I)cc(I)c2OCc2ccccc2C#N)C1=O. The Balaban J connectivity index is 1.94. The Hall–Kier alpha value is -2.11. The number of thioether (sulfide) groups is 1. The molecular weight excluding hydrogens is 658 g/mol. The Morgan fingerprint density at radius 1 is 1.28 bits per heavy atom. The van der Waals surface area contributed by atoms with E-state index in [1.54, 1.807) is 18.2 Å². The summed E-state index contributed by atoms with van der Waals surface area (Å²) in [5.41, 5.74) is 1.88. The first-order chi connectivity index (χ1) is 15.3. The summed E-state index contributed by atoms with van der Waals surface area (Å²) in [5.74, 6) is -0.698. The zero-order valence-electron chi connectivity index (χ0n) is 16.9. The molecule has 0 aromatic heterocycles. The Morgan fingerprint density at radius 2 is 2.00 bits per heavy atom. The third-order valence-electron chi connectivity index (χ3n) is 4.59. The van der Waals surface area contributed by atoms with E-state index in [0.29, 0.717) is 16.9 Å². The van der Waals surface area contributed by atoms with Gasteiger partial charge < -0.3 is 9.47 Å². The van der Waals surface area contributed by atoms with E-state index in [9.17, 15) is 19.6 Å². The molecule has 0 unspecified atom stereocenters. The van der Waals surface area contributed by atoms with Crippen LogP contribution in [0.15, 0.2) is 41.3 Å². The molecule has 2 amide bonds. The lowest BCUT2D eigenvalue weighted by molar-refractivity contribution is -0.148. The molecule has 10 heteroatoms. The van der Waals surface area contributed by atoms with Gasteiger partial charge in [-0.3, -0.25) is 14.5 Å². The molecule has 0 aliphatic carbocycles. The van der Waals surface area contributed by atoms with Crippen molar-refractivity contribution < 1.29 is 23.9 Å². The van der Waals surface area contributed by atoms with Crippen LogP contribution in [0.3, 0.4) is 0 Å². The topological polar surface area (TPSA) is 96.7 Å². The standard InChI is InChI=1S/C22H16I2N2O5S/c1-12(21(28)30-2)26-20(27)18(32-22(26)29)8-15-7-16(23)9-17(24)19(15)31-11-14-6-4-3-5-13(14)10-25/h3-9,12H,11H2,1-2H3/b18-8+/t12-/m0/s1. The van der Waals surface area contributed by atoms with Crippen molar-refractivity contribution in [2.24, 2.45) is 0 Å². The fourth-order valence-electron chi connectivity index (χ4n) is 2.98. The number of halogens is 2. The van der Waals surface area contributed by atoms with E-state index in [1.165, 1.54) is 14.0 Å². The van der Waals surface area contributed by atoms with E-state index >= 15 is 0 Å². The molecule has 1 aliphatic heterocycles. The van der Waals surface area contributed by atoms with E-state index in [-0.39, 0.29) is 11.5 Å². The number of carbonyl (C=O) groups is 3. The van der Waals surface area contributed by atoms with E-state index < -0.39 is 23.2 Å². The van der Waals surface area contributed by atoms with Gasteiger partial charge in [0.25, 0.3) is 11.1 Å². The van der Waals surface area contributed by atoms with Crippen LogP contribution in [0.1, 0.15) is 23.6 Å². The average molecular weight is 674 g/mol. The van der Waals surface area contributed by atoms with Crippen LogP contribution in [-0.4, -0.2) is 35.2 Å². The number of benzene rings is 2. The molecule has 2 aromatic rings. The summed E-state index contributed by atoms with van der Waals surface area (Å²) in [6, 6.07) is 12.0. The van der Waals surface area contributed by atoms with Crippen molar-refractivity contribution in [1.82, 2.24) is 4.90 Å². The molecule has 1 atom stereocenters. The number of ether oxygens (including phenoxy) is 2. The highest BCUT2D eigenvalue weighted by molar-refractivity contribution is 14.1. The number of hydrogen-bond donors (Lipinski definition) is 0. The number of hydrogen-bond acceptors (Lipinski definition) is 7.